The highest BCUT2D eigenvalue weighted by molar-refractivity contribution is 5.97. The van der Waals surface area contributed by atoms with Gasteiger partial charge in [0.2, 0.25) is 0 Å². The SMILES string of the molecule is NC(=NO)C1CCCCN1C(=O)c1ccn[nH]1. The Morgan fingerprint density at radius 3 is 3.12 bits per heavy atom. The normalized spacial score (nSPS) is 21.5. The van der Waals surface area contributed by atoms with Gasteiger partial charge in [-0.05, 0) is 25.3 Å². The molecule has 1 aromatic rings. The number of nitrogens with two attached hydrogens (primary N) is 1. The van der Waals surface area contributed by atoms with E-state index in [9.17, 15) is 4.79 Å². The van der Waals surface area contributed by atoms with Gasteiger partial charge in [-0.15, -0.1) is 0 Å². The average molecular weight is 237 g/mol. The molecule has 1 saturated heterocycles. The maximum absolute atomic E-state index is 12.2. The number of aromatic nitrogens is 2. The Morgan fingerprint density at radius 2 is 2.47 bits per heavy atom. The maximum atomic E-state index is 12.2. The number of H-pyrrole nitrogens is 1. The second-order valence-electron chi connectivity index (χ2n) is 4.01. The third-order valence-electron chi connectivity index (χ3n) is 2.95. The lowest BCUT2D eigenvalue weighted by molar-refractivity contribution is 0.0670. The Kier molecular flexibility index (Phi) is 3.27. The maximum Gasteiger partial charge on any atom is 0.272 e. The predicted molar refractivity (Wildman–Crippen MR) is 60.7 cm³/mol. The minimum Gasteiger partial charge on any atom is -0.409 e. The van der Waals surface area contributed by atoms with Crippen molar-refractivity contribution in [2.45, 2.75) is 25.3 Å². The Bertz CT molecular complexity index is 414. The Hall–Kier alpha value is -2.05. The van der Waals surface area contributed by atoms with Crippen LogP contribution < -0.4 is 5.73 Å². The minimum atomic E-state index is -0.329. The first kappa shape index (κ1) is 11.4. The van der Waals surface area contributed by atoms with E-state index < -0.39 is 0 Å². The fraction of sp³-hybridized carbons (Fsp3) is 0.500. The highest BCUT2D eigenvalue weighted by Crippen LogP contribution is 2.19. The van der Waals surface area contributed by atoms with Crippen LogP contribution in [0.15, 0.2) is 17.4 Å². The molecule has 2 heterocycles. The number of amides is 1. The number of likely N-dealkylation sites (tertiary alicyclic amines) is 1. The number of amidine groups is 1. The summed E-state index contributed by atoms with van der Waals surface area (Å²) in [6.07, 6.45) is 4.13. The van der Waals surface area contributed by atoms with Crippen molar-refractivity contribution in [2.75, 3.05) is 6.54 Å². The molecule has 1 aliphatic rings. The van der Waals surface area contributed by atoms with Crippen LogP contribution in [0.4, 0.5) is 0 Å². The van der Waals surface area contributed by atoms with Crippen molar-refractivity contribution >= 4 is 11.7 Å². The molecule has 0 saturated carbocycles. The van der Waals surface area contributed by atoms with Crippen LogP contribution >= 0.6 is 0 Å². The second kappa shape index (κ2) is 4.86. The molecular formula is C10H15N5O2. The zero-order valence-corrected chi connectivity index (χ0v) is 9.33. The van der Waals surface area contributed by atoms with Crippen LogP contribution in [0.1, 0.15) is 29.8 Å². The molecule has 4 N–H and O–H groups in total. The summed E-state index contributed by atoms with van der Waals surface area (Å²) in [4.78, 5) is 13.8. The highest BCUT2D eigenvalue weighted by atomic mass is 16.4. The number of carbonyl (C=O) groups is 1. The van der Waals surface area contributed by atoms with Crippen LogP contribution in [-0.2, 0) is 0 Å². The lowest BCUT2D eigenvalue weighted by Crippen LogP contribution is -2.50. The standard InChI is InChI=1S/C10H15N5O2/c11-9(14-17)8-3-1-2-6-15(8)10(16)7-4-5-12-13-7/h4-5,8,17H,1-3,6H2,(H2,11,14)(H,12,13). The van der Waals surface area contributed by atoms with E-state index in [2.05, 4.69) is 15.4 Å². The Labute approximate surface area is 98.3 Å². The van der Waals surface area contributed by atoms with Gasteiger partial charge in [0, 0.05) is 12.7 Å². The molecule has 1 unspecified atom stereocenters. The summed E-state index contributed by atoms with van der Waals surface area (Å²) < 4.78 is 0. The molecule has 1 aromatic heterocycles. The largest absolute Gasteiger partial charge is 0.409 e. The summed E-state index contributed by atoms with van der Waals surface area (Å²) in [7, 11) is 0. The quantitative estimate of drug-likeness (QED) is 0.294. The first-order valence-corrected chi connectivity index (χ1v) is 5.52. The molecule has 0 radical (unpaired) electrons. The molecule has 1 amide bonds. The highest BCUT2D eigenvalue weighted by Gasteiger charge is 2.30. The van der Waals surface area contributed by atoms with Crippen LogP contribution in [0.25, 0.3) is 0 Å². The fourth-order valence-corrected chi connectivity index (χ4v) is 2.08. The summed E-state index contributed by atoms with van der Waals surface area (Å²) in [5.74, 6) is -0.0867. The Balaban J connectivity index is 2.19. The van der Waals surface area contributed by atoms with Crippen molar-refractivity contribution in [2.24, 2.45) is 10.9 Å². The van der Waals surface area contributed by atoms with Gasteiger partial charge in [-0.1, -0.05) is 5.16 Å². The van der Waals surface area contributed by atoms with Crippen molar-refractivity contribution < 1.29 is 10.0 Å². The second-order valence-corrected chi connectivity index (χ2v) is 4.01. The summed E-state index contributed by atoms with van der Waals surface area (Å²) in [5, 5.41) is 18.1. The molecule has 0 bridgehead atoms. The van der Waals surface area contributed by atoms with Crippen LogP contribution in [-0.4, -0.2) is 44.6 Å². The van der Waals surface area contributed by atoms with Gasteiger partial charge in [0.1, 0.15) is 5.69 Å². The molecule has 1 fully saturated rings. The van der Waals surface area contributed by atoms with Gasteiger partial charge in [0.25, 0.3) is 5.91 Å². The van der Waals surface area contributed by atoms with Gasteiger partial charge in [-0.25, -0.2) is 0 Å². The number of nitrogens with one attached hydrogen (secondary N) is 1. The van der Waals surface area contributed by atoms with Crippen molar-refractivity contribution in [3.05, 3.63) is 18.0 Å². The molecule has 2 rings (SSSR count). The zero-order valence-electron chi connectivity index (χ0n) is 9.33. The lowest BCUT2D eigenvalue weighted by atomic mass is 10.0. The van der Waals surface area contributed by atoms with Gasteiger partial charge in [-0.3, -0.25) is 9.89 Å². The fourth-order valence-electron chi connectivity index (χ4n) is 2.08. The van der Waals surface area contributed by atoms with E-state index >= 15 is 0 Å². The van der Waals surface area contributed by atoms with E-state index in [4.69, 9.17) is 10.9 Å². The molecule has 1 atom stereocenters. The number of hydrogen-bond acceptors (Lipinski definition) is 4. The third-order valence-corrected chi connectivity index (χ3v) is 2.95. The van der Waals surface area contributed by atoms with Crippen molar-refractivity contribution in [3.63, 3.8) is 0 Å². The molecule has 17 heavy (non-hydrogen) atoms. The molecular weight excluding hydrogens is 222 g/mol. The number of piperidine rings is 1. The number of aromatic amines is 1. The van der Waals surface area contributed by atoms with Gasteiger partial charge < -0.3 is 15.8 Å². The lowest BCUT2D eigenvalue weighted by Gasteiger charge is -2.34. The van der Waals surface area contributed by atoms with Crippen molar-refractivity contribution in [3.8, 4) is 0 Å². The zero-order chi connectivity index (χ0) is 12.3. The smallest absolute Gasteiger partial charge is 0.272 e. The van der Waals surface area contributed by atoms with Gasteiger partial charge in [0.05, 0.1) is 6.04 Å². The van der Waals surface area contributed by atoms with E-state index in [0.717, 1.165) is 19.3 Å². The Morgan fingerprint density at radius 1 is 1.65 bits per heavy atom. The number of nitrogens with zero attached hydrogens (tertiary/aromatic N) is 3. The molecule has 0 aliphatic carbocycles. The van der Waals surface area contributed by atoms with Gasteiger partial charge in [-0.2, -0.15) is 5.10 Å². The van der Waals surface area contributed by atoms with E-state index in [1.54, 1.807) is 11.0 Å². The van der Waals surface area contributed by atoms with Crippen LogP contribution in [0.2, 0.25) is 0 Å². The van der Waals surface area contributed by atoms with Gasteiger partial charge in [0.15, 0.2) is 5.84 Å². The van der Waals surface area contributed by atoms with Crippen LogP contribution in [0.5, 0.6) is 0 Å². The molecule has 92 valence electrons. The number of hydrogen-bond donors (Lipinski definition) is 3. The van der Waals surface area contributed by atoms with Gasteiger partial charge >= 0.3 is 0 Å². The van der Waals surface area contributed by atoms with E-state index in [0.29, 0.717) is 12.2 Å². The number of oxime groups is 1. The predicted octanol–water partition coefficient (Wildman–Crippen LogP) is 0.151. The van der Waals surface area contributed by atoms with Crippen LogP contribution in [0.3, 0.4) is 0 Å². The minimum absolute atomic E-state index is 0.0811. The monoisotopic (exact) mass is 237 g/mol. The third kappa shape index (κ3) is 2.22. The van der Waals surface area contributed by atoms with E-state index in [-0.39, 0.29) is 17.8 Å². The summed E-state index contributed by atoms with van der Waals surface area (Å²) in [6, 6.07) is 1.28. The first-order valence-electron chi connectivity index (χ1n) is 5.52. The summed E-state index contributed by atoms with van der Waals surface area (Å²) in [5.41, 5.74) is 6.03. The molecule has 7 heteroatoms. The molecule has 0 spiro atoms. The molecule has 7 nitrogen and oxygen atoms in total. The summed E-state index contributed by atoms with van der Waals surface area (Å²) in [6.45, 7) is 0.610. The number of carbonyl (C=O) groups excluding carboxylic acids is 1. The first-order chi connectivity index (χ1) is 8.24. The molecule has 1 aliphatic heterocycles. The van der Waals surface area contributed by atoms with E-state index in [1.807, 2.05) is 0 Å². The average Bonchev–Trinajstić information content (AvgIpc) is 2.91. The summed E-state index contributed by atoms with van der Waals surface area (Å²) >= 11 is 0. The molecule has 0 aromatic carbocycles. The van der Waals surface area contributed by atoms with Crippen LogP contribution in [0, 0.1) is 0 Å². The van der Waals surface area contributed by atoms with E-state index in [1.165, 1.54) is 6.20 Å². The van der Waals surface area contributed by atoms with Crippen molar-refractivity contribution in [1.29, 1.82) is 0 Å². The number of rotatable bonds is 2. The topological polar surface area (TPSA) is 108 Å². The van der Waals surface area contributed by atoms with Crippen molar-refractivity contribution in [1.82, 2.24) is 15.1 Å².